The van der Waals surface area contributed by atoms with Crippen LogP contribution in [0.3, 0.4) is 0 Å². The van der Waals surface area contributed by atoms with Crippen molar-refractivity contribution in [1.82, 2.24) is 34.6 Å². The predicted octanol–water partition coefficient (Wildman–Crippen LogP) is 3.11. The third-order valence-corrected chi connectivity index (χ3v) is 4.70. The Kier molecular flexibility index (Phi) is 2.95. The van der Waals surface area contributed by atoms with E-state index < -0.39 is 0 Å². The summed E-state index contributed by atoms with van der Waals surface area (Å²) in [7, 11) is 1.82. The molecule has 0 atom stereocenters. The van der Waals surface area contributed by atoms with E-state index in [0.717, 1.165) is 44.3 Å². The Morgan fingerprint density at radius 1 is 1.00 bits per heavy atom. The first-order valence-corrected chi connectivity index (χ1v) is 8.65. The van der Waals surface area contributed by atoms with Crippen LogP contribution < -0.4 is 0 Å². The maximum absolute atomic E-state index is 4.79. The normalized spacial score (nSPS) is 11.6. The topological polar surface area (TPSA) is 73.8 Å². The van der Waals surface area contributed by atoms with E-state index in [-0.39, 0.29) is 0 Å². The van der Waals surface area contributed by atoms with Gasteiger partial charge in [0.2, 0.25) is 4.96 Å². The summed E-state index contributed by atoms with van der Waals surface area (Å²) in [5.74, 6) is 0. The van der Waals surface area contributed by atoms with Gasteiger partial charge in [-0.3, -0.25) is 4.98 Å². The van der Waals surface area contributed by atoms with Gasteiger partial charge in [0.15, 0.2) is 0 Å². The van der Waals surface area contributed by atoms with E-state index in [2.05, 4.69) is 20.3 Å². The second kappa shape index (κ2) is 5.18. The van der Waals surface area contributed by atoms with Crippen LogP contribution in [0.4, 0.5) is 0 Å². The van der Waals surface area contributed by atoms with E-state index in [1.54, 1.807) is 10.3 Å². The van der Waals surface area contributed by atoms with Crippen LogP contribution in [0, 0.1) is 6.92 Å². The zero-order valence-electron chi connectivity index (χ0n) is 13.6. The molecule has 0 aliphatic heterocycles. The molecule has 7 nitrogen and oxygen atoms in total. The van der Waals surface area contributed by atoms with Crippen LogP contribution in [0.15, 0.2) is 41.9 Å². The predicted molar refractivity (Wildman–Crippen MR) is 96.3 cm³/mol. The van der Waals surface area contributed by atoms with E-state index in [1.165, 1.54) is 11.3 Å². The Balaban J connectivity index is 1.80. The molecule has 0 saturated carbocycles. The van der Waals surface area contributed by atoms with Crippen LogP contribution in [-0.2, 0) is 7.05 Å². The van der Waals surface area contributed by atoms with Crippen molar-refractivity contribution in [3.8, 4) is 22.6 Å². The Labute approximate surface area is 146 Å². The summed E-state index contributed by atoms with van der Waals surface area (Å²) in [6.07, 6.45) is 0. The zero-order valence-corrected chi connectivity index (χ0v) is 14.4. The first-order valence-electron chi connectivity index (χ1n) is 7.77. The molecule has 0 N–H and O–H groups in total. The lowest BCUT2D eigenvalue weighted by atomic mass is 10.1. The van der Waals surface area contributed by atoms with Gasteiger partial charge in [-0.15, -0.1) is 0 Å². The van der Waals surface area contributed by atoms with Gasteiger partial charge in [0, 0.05) is 18.3 Å². The lowest BCUT2D eigenvalue weighted by molar-refractivity contribution is 0.665. The van der Waals surface area contributed by atoms with Gasteiger partial charge in [0.25, 0.3) is 0 Å². The van der Waals surface area contributed by atoms with Crippen molar-refractivity contribution in [2.75, 3.05) is 0 Å². The van der Waals surface area contributed by atoms with Crippen LogP contribution in [0.5, 0.6) is 0 Å². The van der Waals surface area contributed by atoms with Gasteiger partial charge in [-0.1, -0.05) is 23.5 Å². The number of benzene rings is 1. The molecular weight excluding hydrogens is 334 g/mol. The fourth-order valence-corrected chi connectivity index (χ4v) is 3.59. The number of hydrogen-bond acceptors (Lipinski definition) is 6. The van der Waals surface area contributed by atoms with Crippen LogP contribution in [0.25, 0.3) is 38.6 Å². The molecule has 0 saturated heterocycles. The highest BCUT2D eigenvalue weighted by atomic mass is 32.1. The van der Waals surface area contributed by atoms with Crippen molar-refractivity contribution >= 4 is 27.3 Å². The largest absolute Gasteiger partial charge is 0.251 e. The van der Waals surface area contributed by atoms with Crippen molar-refractivity contribution in [2.45, 2.75) is 6.92 Å². The number of imidazole rings is 1. The van der Waals surface area contributed by atoms with Crippen LogP contribution in [0.1, 0.15) is 5.69 Å². The van der Waals surface area contributed by atoms with E-state index >= 15 is 0 Å². The minimum absolute atomic E-state index is 0.840. The lowest BCUT2D eigenvalue weighted by Gasteiger charge is -2.04. The van der Waals surface area contributed by atoms with E-state index in [1.807, 2.05) is 54.9 Å². The number of nitrogens with zero attached hydrogens (tertiary/aromatic N) is 7. The van der Waals surface area contributed by atoms with Crippen LogP contribution in [-0.4, -0.2) is 34.6 Å². The molecule has 4 aromatic heterocycles. The Morgan fingerprint density at radius 2 is 1.88 bits per heavy atom. The molecule has 0 fully saturated rings. The number of rotatable bonds is 2. The SMILES string of the molecule is Cc1cccc(-c2c(-c3ccc4nn(C)nc4c3)nc3scnn23)n1. The van der Waals surface area contributed by atoms with E-state index in [4.69, 9.17) is 4.98 Å². The van der Waals surface area contributed by atoms with Crippen LogP contribution >= 0.6 is 11.3 Å². The van der Waals surface area contributed by atoms with Gasteiger partial charge < -0.3 is 0 Å². The van der Waals surface area contributed by atoms with Crippen LogP contribution in [0.2, 0.25) is 0 Å². The van der Waals surface area contributed by atoms with Crippen molar-refractivity contribution < 1.29 is 0 Å². The highest BCUT2D eigenvalue weighted by Gasteiger charge is 2.19. The van der Waals surface area contributed by atoms with Gasteiger partial charge in [0.1, 0.15) is 27.9 Å². The lowest BCUT2D eigenvalue weighted by Crippen LogP contribution is -1.94. The second-order valence-electron chi connectivity index (χ2n) is 5.80. The molecule has 4 heterocycles. The summed E-state index contributed by atoms with van der Waals surface area (Å²) < 4.78 is 1.85. The fraction of sp³-hybridized carbons (Fsp3) is 0.118. The summed E-state index contributed by atoms with van der Waals surface area (Å²) in [6.45, 7) is 1.98. The standard InChI is InChI=1S/C17H13N7S/c1-10-4-3-5-13(19-10)16-15(20-17-24(16)18-9-25-17)11-6-7-12-14(8-11)22-23(2)21-12/h3-9H,1-2H3. The first kappa shape index (κ1) is 14.2. The van der Waals surface area contributed by atoms with E-state index in [0.29, 0.717) is 0 Å². The van der Waals surface area contributed by atoms with Crippen molar-refractivity contribution in [2.24, 2.45) is 7.05 Å². The summed E-state index contributed by atoms with van der Waals surface area (Å²) in [5.41, 5.74) is 8.02. The summed E-state index contributed by atoms with van der Waals surface area (Å²) in [4.78, 5) is 11.9. The number of aryl methyl sites for hydroxylation is 2. The Hall–Kier alpha value is -3.13. The maximum atomic E-state index is 4.79. The molecular formula is C17H13N7S. The monoisotopic (exact) mass is 347 g/mol. The molecule has 0 aliphatic carbocycles. The molecule has 5 rings (SSSR count). The average Bonchev–Trinajstić information content (AvgIpc) is 3.26. The summed E-state index contributed by atoms with van der Waals surface area (Å²) >= 11 is 1.50. The summed E-state index contributed by atoms with van der Waals surface area (Å²) in [5, 5.41) is 13.2. The number of pyridine rings is 1. The van der Waals surface area contributed by atoms with Gasteiger partial charge >= 0.3 is 0 Å². The molecule has 0 spiro atoms. The van der Waals surface area contributed by atoms with Crippen molar-refractivity contribution in [3.05, 3.63) is 47.6 Å². The minimum atomic E-state index is 0.840. The Morgan fingerprint density at radius 3 is 2.76 bits per heavy atom. The van der Waals surface area contributed by atoms with E-state index in [9.17, 15) is 0 Å². The number of hydrogen-bond donors (Lipinski definition) is 0. The number of fused-ring (bicyclic) bond motifs is 2. The summed E-state index contributed by atoms with van der Waals surface area (Å²) in [6, 6.07) is 12.0. The molecule has 0 radical (unpaired) electrons. The first-order chi connectivity index (χ1) is 12.2. The third-order valence-electron chi connectivity index (χ3n) is 4.03. The average molecular weight is 347 g/mol. The number of aromatic nitrogens is 7. The Bertz CT molecular complexity index is 1230. The molecule has 0 amide bonds. The van der Waals surface area contributed by atoms with Gasteiger partial charge in [-0.25, -0.2) is 9.50 Å². The molecule has 0 aliphatic rings. The quantitative estimate of drug-likeness (QED) is 0.490. The molecule has 5 aromatic rings. The molecule has 122 valence electrons. The highest BCUT2D eigenvalue weighted by Crippen LogP contribution is 2.33. The zero-order chi connectivity index (χ0) is 17.0. The minimum Gasteiger partial charge on any atom is -0.251 e. The van der Waals surface area contributed by atoms with Crippen molar-refractivity contribution in [3.63, 3.8) is 0 Å². The van der Waals surface area contributed by atoms with Crippen molar-refractivity contribution in [1.29, 1.82) is 0 Å². The second-order valence-corrected chi connectivity index (χ2v) is 6.61. The smallest absolute Gasteiger partial charge is 0.213 e. The maximum Gasteiger partial charge on any atom is 0.213 e. The van der Waals surface area contributed by atoms with Gasteiger partial charge in [-0.2, -0.15) is 20.1 Å². The molecule has 25 heavy (non-hydrogen) atoms. The molecule has 0 bridgehead atoms. The van der Waals surface area contributed by atoms with Gasteiger partial charge in [0.05, 0.1) is 5.69 Å². The highest BCUT2D eigenvalue weighted by molar-refractivity contribution is 7.14. The molecule has 1 aromatic carbocycles. The fourth-order valence-electron chi connectivity index (χ4n) is 2.97. The molecule has 0 unspecified atom stereocenters. The molecule has 8 heteroatoms. The third kappa shape index (κ3) is 2.22. The van der Waals surface area contributed by atoms with Gasteiger partial charge in [-0.05, 0) is 31.2 Å².